The molecule has 0 spiro atoms. The molecule has 0 radical (unpaired) electrons. The standard InChI is InChI=1S/C7H6FN3O2S/c1-2-13-7(12)5-4-10-6(3-9)11(5)14-8/h4H,2H2,1H3. The van der Waals surface area contributed by atoms with Crippen LogP contribution in [-0.2, 0) is 4.74 Å². The van der Waals surface area contributed by atoms with Gasteiger partial charge in [-0.05, 0) is 6.92 Å². The highest BCUT2D eigenvalue weighted by Crippen LogP contribution is 2.16. The van der Waals surface area contributed by atoms with Gasteiger partial charge in [-0.15, -0.1) is 3.89 Å². The van der Waals surface area contributed by atoms with Crippen LogP contribution in [0.4, 0.5) is 3.89 Å². The first-order valence-corrected chi connectivity index (χ1v) is 4.36. The molecule has 7 heteroatoms. The van der Waals surface area contributed by atoms with Crippen molar-refractivity contribution in [3.05, 3.63) is 17.7 Å². The van der Waals surface area contributed by atoms with Gasteiger partial charge in [-0.25, -0.2) is 13.8 Å². The minimum atomic E-state index is -0.702. The maximum Gasteiger partial charge on any atom is 0.357 e. The van der Waals surface area contributed by atoms with E-state index in [1.165, 1.54) is 0 Å². The molecule has 1 heterocycles. The van der Waals surface area contributed by atoms with Gasteiger partial charge in [-0.2, -0.15) is 5.26 Å². The zero-order chi connectivity index (χ0) is 10.6. The molecule has 0 aliphatic rings. The first kappa shape index (κ1) is 10.5. The lowest BCUT2D eigenvalue weighted by molar-refractivity contribution is 0.0518. The van der Waals surface area contributed by atoms with Gasteiger partial charge in [0.05, 0.1) is 12.8 Å². The van der Waals surface area contributed by atoms with Gasteiger partial charge in [0, 0.05) is 0 Å². The highest BCUT2D eigenvalue weighted by molar-refractivity contribution is 7.92. The average Bonchev–Trinajstić information content (AvgIpc) is 2.60. The van der Waals surface area contributed by atoms with Crippen molar-refractivity contribution in [1.82, 2.24) is 8.96 Å². The van der Waals surface area contributed by atoms with Gasteiger partial charge in [-0.3, -0.25) is 0 Å². The number of nitrogens with zero attached hydrogens (tertiary/aromatic N) is 3. The van der Waals surface area contributed by atoms with E-state index in [-0.39, 0.29) is 30.5 Å². The van der Waals surface area contributed by atoms with E-state index < -0.39 is 5.97 Å². The Hall–Kier alpha value is -1.55. The minimum Gasteiger partial charge on any atom is -0.461 e. The molecule has 0 unspecified atom stereocenters. The van der Waals surface area contributed by atoms with Crippen molar-refractivity contribution in [3.8, 4) is 6.07 Å². The normalized spacial score (nSPS) is 9.50. The second kappa shape index (κ2) is 4.62. The second-order valence-corrected chi connectivity index (χ2v) is 2.67. The monoisotopic (exact) mass is 215 g/mol. The zero-order valence-corrected chi connectivity index (χ0v) is 8.05. The van der Waals surface area contributed by atoms with Gasteiger partial charge in [-0.1, -0.05) is 0 Å². The average molecular weight is 215 g/mol. The summed E-state index contributed by atoms with van der Waals surface area (Å²) in [6.45, 7) is 1.81. The van der Waals surface area contributed by atoms with Crippen molar-refractivity contribution in [2.24, 2.45) is 0 Å². The molecule has 0 saturated carbocycles. The summed E-state index contributed by atoms with van der Waals surface area (Å²) in [5, 5.41) is 8.51. The number of imidazole rings is 1. The van der Waals surface area contributed by atoms with Gasteiger partial charge in [0.15, 0.2) is 18.0 Å². The number of rotatable bonds is 3. The Balaban J connectivity index is 3.04. The van der Waals surface area contributed by atoms with E-state index in [2.05, 4.69) is 9.72 Å². The molecule has 0 aliphatic heterocycles. The molecule has 0 atom stereocenters. The summed E-state index contributed by atoms with van der Waals surface area (Å²) in [5.41, 5.74) is -0.0871. The second-order valence-electron chi connectivity index (χ2n) is 2.16. The van der Waals surface area contributed by atoms with Gasteiger partial charge in [0.2, 0.25) is 5.82 Å². The van der Waals surface area contributed by atoms with Crippen molar-refractivity contribution < 1.29 is 13.4 Å². The van der Waals surface area contributed by atoms with Crippen LogP contribution < -0.4 is 0 Å². The van der Waals surface area contributed by atoms with Crippen molar-refractivity contribution in [2.45, 2.75) is 6.92 Å². The van der Waals surface area contributed by atoms with E-state index >= 15 is 0 Å². The molecule has 1 aromatic heterocycles. The Bertz CT molecular complexity index is 385. The number of carbonyl (C=O) groups is 1. The number of esters is 1. The van der Waals surface area contributed by atoms with Gasteiger partial charge in [0.1, 0.15) is 6.07 Å². The Kier molecular flexibility index (Phi) is 3.48. The maximum absolute atomic E-state index is 12.3. The third-order valence-electron chi connectivity index (χ3n) is 1.37. The fraction of sp³-hybridized carbons (Fsp3) is 0.286. The summed E-state index contributed by atoms with van der Waals surface area (Å²) < 4.78 is 17.8. The summed E-state index contributed by atoms with van der Waals surface area (Å²) in [5.74, 6) is -0.882. The molecule has 0 saturated heterocycles. The number of hydrogen-bond donors (Lipinski definition) is 0. The van der Waals surface area contributed by atoms with Crippen molar-refractivity contribution >= 4 is 18.3 Å². The minimum absolute atomic E-state index is 0.0871. The van der Waals surface area contributed by atoms with Crippen molar-refractivity contribution in [3.63, 3.8) is 0 Å². The van der Waals surface area contributed by atoms with E-state index in [1.807, 2.05) is 0 Å². The maximum atomic E-state index is 12.3. The molecule has 0 fully saturated rings. The van der Waals surface area contributed by atoms with Gasteiger partial charge in [0.25, 0.3) is 0 Å². The number of carbonyl (C=O) groups excluding carboxylic acids is 1. The predicted octanol–water partition coefficient (Wildman–Crippen LogP) is 1.31. The fourth-order valence-electron chi connectivity index (χ4n) is 0.826. The van der Waals surface area contributed by atoms with E-state index in [9.17, 15) is 8.68 Å². The summed E-state index contributed by atoms with van der Waals surface area (Å²) in [6, 6.07) is 1.65. The number of hydrogen-bond acceptors (Lipinski definition) is 5. The van der Waals surface area contributed by atoms with Crippen LogP contribution >= 0.6 is 12.3 Å². The van der Waals surface area contributed by atoms with Gasteiger partial charge >= 0.3 is 5.97 Å². The summed E-state index contributed by atoms with van der Waals surface area (Å²) in [6.07, 6.45) is 1.10. The summed E-state index contributed by atoms with van der Waals surface area (Å²) in [4.78, 5) is 14.7. The van der Waals surface area contributed by atoms with Crippen LogP contribution in [0.2, 0.25) is 0 Å². The Labute approximate surface area is 83.9 Å². The highest BCUT2D eigenvalue weighted by atomic mass is 32.2. The fourth-order valence-corrected chi connectivity index (χ4v) is 1.18. The highest BCUT2D eigenvalue weighted by Gasteiger charge is 2.18. The first-order chi connectivity index (χ1) is 6.74. The number of aromatic nitrogens is 2. The number of halogens is 1. The summed E-state index contributed by atoms with van der Waals surface area (Å²) in [7, 11) is 0. The van der Waals surface area contributed by atoms with Crippen LogP contribution in [0.5, 0.6) is 0 Å². The third kappa shape index (κ3) is 1.85. The van der Waals surface area contributed by atoms with Gasteiger partial charge < -0.3 is 4.74 Å². The lowest BCUT2D eigenvalue weighted by Crippen LogP contribution is -2.08. The van der Waals surface area contributed by atoms with E-state index in [1.54, 1.807) is 13.0 Å². The molecule has 74 valence electrons. The van der Waals surface area contributed by atoms with Crippen LogP contribution in [0.3, 0.4) is 0 Å². The Morgan fingerprint density at radius 3 is 3.14 bits per heavy atom. The predicted molar refractivity (Wildman–Crippen MR) is 47.0 cm³/mol. The van der Waals surface area contributed by atoms with Crippen LogP contribution in [0.25, 0.3) is 0 Å². The molecule has 0 bridgehead atoms. The lowest BCUT2D eigenvalue weighted by Gasteiger charge is -2.01. The quantitative estimate of drug-likeness (QED) is 0.711. The van der Waals surface area contributed by atoms with Crippen molar-refractivity contribution in [2.75, 3.05) is 6.61 Å². The van der Waals surface area contributed by atoms with Crippen LogP contribution in [-0.4, -0.2) is 21.5 Å². The molecule has 0 amide bonds. The molecule has 0 aromatic carbocycles. The largest absolute Gasteiger partial charge is 0.461 e. The molecule has 5 nitrogen and oxygen atoms in total. The molecule has 14 heavy (non-hydrogen) atoms. The lowest BCUT2D eigenvalue weighted by atomic mass is 10.5. The smallest absolute Gasteiger partial charge is 0.357 e. The molecular weight excluding hydrogens is 209 g/mol. The molecule has 1 rings (SSSR count). The van der Waals surface area contributed by atoms with Crippen LogP contribution in [0.1, 0.15) is 23.2 Å². The Morgan fingerprint density at radius 1 is 1.93 bits per heavy atom. The van der Waals surface area contributed by atoms with Crippen molar-refractivity contribution in [1.29, 1.82) is 5.26 Å². The van der Waals surface area contributed by atoms with E-state index in [0.29, 0.717) is 0 Å². The Morgan fingerprint density at radius 2 is 2.64 bits per heavy atom. The molecule has 0 aliphatic carbocycles. The third-order valence-corrected chi connectivity index (χ3v) is 1.88. The molecule has 0 N–H and O–H groups in total. The first-order valence-electron chi connectivity index (χ1n) is 3.68. The molecular formula is C7H6FN3O2S. The SMILES string of the molecule is CCOC(=O)c1cnc(C#N)n1SF. The van der Waals surface area contributed by atoms with E-state index in [0.717, 1.165) is 10.2 Å². The van der Waals surface area contributed by atoms with Crippen LogP contribution in [0, 0.1) is 11.3 Å². The number of nitriles is 1. The summed E-state index contributed by atoms with van der Waals surface area (Å²) >= 11 is -0.262. The van der Waals surface area contributed by atoms with Crippen LogP contribution in [0.15, 0.2) is 6.20 Å². The number of ether oxygens (including phenoxy) is 1. The molecule has 1 aromatic rings. The topological polar surface area (TPSA) is 67.9 Å². The van der Waals surface area contributed by atoms with E-state index in [4.69, 9.17) is 5.26 Å². The zero-order valence-electron chi connectivity index (χ0n) is 7.23.